The summed E-state index contributed by atoms with van der Waals surface area (Å²) in [6.07, 6.45) is 1.97. The largest absolute Gasteiger partial charge is 0.496 e. The zero-order chi connectivity index (χ0) is 16.9. The van der Waals surface area contributed by atoms with Gasteiger partial charge in [0.2, 0.25) is 5.91 Å². The Bertz CT molecular complexity index is 715. The standard InChI is InChI=1S/C18H20N2O3S/c1-23-16-7-3-2-5-14(16)18(22)19-11-17(21)20-9-4-6-15(20)13-8-10-24-12-13/h2-3,5,7-8,10,12,15H,4,6,9,11H2,1H3,(H,19,22). The number of ether oxygens (including phenoxy) is 1. The molecule has 1 aromatic carbocycles. The van der Waals surface area contributed by atoms with Crippen LogP contribution in [-0.2, 0) is 4.79 Å². The second-order valence-electron chi connectivity index (χ2n) is 5.68. The van der Waals surface area contributed by atoms with Crippen molar-refractivity contribution in [2.24, 2.45) is 0 Å². The van der Waals surface area contributed by atoms with Gasteiger partial charge in [-0.2, -0.15) is 11.3 Å². The number of amides is 2. The predicted octanol–water partition coefficient (Wildman–Crippen LogP) is 2.85. The molecule has 2 amide bonds. The lowest BCUT2D eigenvalue weighted by Gasteiger charge is -2.24. The van der Waals surface area contributed by atoms with E-state index in [2.05, 4.69) is 16.8 Å². The SMILES string of the molecule is COc1ccccc1C(=O)NCC(=O)N1CCCC1c1ccsc1. The van der Waals surface area contributed by atoms with E-state index in [0.717, 1.165) is 19.4 Å². The van der Waals surface area contributed by atoms with Crippen molar-refractivity contribution in [1.82, 2.24) is 10.2 Å². The third kappa shape index (κ3) is 3.43. The van der Waals surface area contributed by atoms with E-state index < -0.39 is 0 Å². The van der Waals surface area contributed by atoms with E-state index in [1.165, 1.54) is 12.7 Å². The minimum Gasteiger partial charge on any atom is -0.496 e. The number of para-hydroxylation sites is 1. The van der Waals surface area contributed by atoms with Crippen molar-refractivity contribution >= 4 is 23.2 Å². The van der Waals surface area contributed by atoms with Crippen LogP contribution in [-0.4, -0.2) is 36.9 Å². The van der Waals surface area contributed by atoms with Crippen molar-refractivity contribution < 1.29 is 14.3 Å². The van der Waals surface area contributed by atoms with E-state index in [4.69, 9.17) is 4.74 Å². The van der Waals surface area contributed by atoms with Gasteiger partial charge in [0.1, 0.15) is 5.75 Å². The first-order valence-corrected chi connectivity index (χ1v) is 8.87. The summed E-state index contributed by atoms with van der Waals surface area (Å²) in [6, 6.07) is 9.18. The summed E-state index contributed by atoms with van der Waals surface area (Å²) >= 11 is 1.64. The maximum atomic E-state index is 12.5. The van der Waals surface area contributed by atoms with Crippen molar-refractivity contribution in [2.45, 2.75) is 18.9 Å². The van der Waals surface area contributed by atoms with Crippen molar-refractivity contribution in [3.8, 4) is 5.75 Å². The molecule has 1 aliphatic heterocycles. The van der Waals surface area contributed by atoms with Crippen LogP contribution < -0.4 is 10.1 Å². The molecule has 0 bridgehead atoms. The van der Waals surface area contributed by atoms with Gasteiger partial charge in [0.05, 0.1) is 25.3 Å². The smallest absolute Gasteiger partial charge is 0.255 e. The number of likely N-dealkylation sites (tertiary alicyclic amines) is 1. The Balaban J connectivity index is 1.62. The first kappa shape index (κ1) is 16.5. The molecule has 1 aliphatic rings. The summed E-state index contributed by atoms with van der Waals surface area (Å²) in [7, 11) is 1.52. The van der Waals surface area contributed by atoms with Crippen molar-refractivity contribution in [3.05, 3.63) is 52.2 Å². The molecular weight excluding hydrogens is 324 g/mol. The zero-order valence-corrected chi connectivity index (χ0v) is 14.3. The topological polar surface area (TPSA) is 58.6 Å². The second kappa shape index (κ2) is 7.49. The van der Waals surface area contributed by atoms with Gasteiger partial charge in [-0.05, 0) is 47.4 Å². The Labute approximate surface area is 145 Å². The zero-order valence-electron chi connectivity index (χ0n) is 13.5. The van der Waals surface area contributed by atoms with Gasteiger partial charge in [-0.1, -0.05) is 12.1 Å². The van der Waals surface area contributed by atoms with Crippen LogP contribution in [0.4, 0.5) is 0 Å². The second-order valence-corrected chi connectivity index (χ2v) is 6.46. The van der Waals surface area contributed by atoms with E-state index in [1.54, 1.807) is 35.6 Å². The lowest BCUT2D eigenvalue weighted by Crippen LogP contribution is -2.39. The fraction of sp³-hybridized carbons (Fsp3) is 0.333. The van der Waals surface area contributed by atoms with Crippen LogP contribution in [0, 0.1) is 0 Å². The van der Waals surface area contributed by atoms with Crippen LogP contribution in [0.15, 0.2) is 41.1 Å². The number of nitrogens with one attached hydrogen (secondary N) is 1. The minimum atomic E-state index is -0.299. The first-order valence-electron chi connectivity index (χ1n) is 7.93. The Morgan fingerprint density at radius 1 is 1.33 bits per heavy atom. The highest BCUT2D eigenvalue weighted by Gasteiger charge is 2.30. The molecule has 1 aromatic heterocycles. The fourth-order valence-corrected chi connectivity index (χ4v) is 3.77. The average Bonchev–Trinajstić information content (AvgIpc) is 3.29. The lowest BCUT2D eigenvalue weighted by atomic mass is 10.1. The summed E-state index contributed by atoms with van der Waals surface area (Å²) in [4.78, 5) is 26.7. The van der Waals surface area contributed by atoms with Crippen LogP contribution in [0.5, 0.6) is 5.75 Å². The van der Waals surface area contributed by atoms with Gasteiger partial charge in [-0.25, -0.2) is 0 Å². The number of rotatable bonds is 5. The quantitative estimate of drug-likeness (QED) is 0.907. The third-order valence-electron chi connectivity index (χ3n) is 4.25. The van der Waals surface area contributed by atoms with E-state index >= 15 is 0 Å². The first-order chi connectivity index (χ1) is 11.7. The van der Waals surface area contributed by atoms with Gasteiger partial charge in [0.15, 0.2) is 0 Å². The molecule has 1 unspecified atom stereocenters. The molecule has 2 aromatic rings. The van der Waals surface area contributed by atoms with Crippen LogP contribution in [0.3, 0.4) is 0 Å². The molecule has 0 radical (unpaired) electrons. The van der Waals surface area contributed by atoms with E-state index in [0.29, 0.717) is 11.3 Å². The third-order valence-corrected chi connectivity index (χ3v) is 4.95. The number of benzene rings is 1. The highest BCUT2D eigenvalue weighted by atomic mass is 32.1. The Morgan fingerprint density at radius 3 is 2.92 bits per heavy atom. The minimum absolute atomic E-state index is 0.00246. The number of carbonyl (C=O) groups is 2. The number of thiophene rings is 1. The fourth-order valence-electron chi connectivity index (χ4n) is 3.06. The van der Waals surface area contributed by atoms with Gasteiger partial charge in [0.25, 0.3) is 5.91 Å². The van der Waals surface area contributed by atoms with Gasteiger partial charge in [0, 0.05) is 6.54 Å². The number of hydrogen-bond acceptors (Lipinski definition) is 4. The summed E-state index contributed by atoms with van der Waals surface area (Å²) < 4.78 is 5.18. The molecule has 0 saturated carbocycles. The van der Waals surface area contributed by atoms with Gasteiger partial charge in [-0.15, -0.1) is 0 Å². The molecule has 1 atom stereocenters. The molecule has 6 heteroatoms. The van der Waals surface area contributed by atoms with Crippen LogP contribution in [0.1, 0.15) is 34.8 Å². The van der Waals surface area contributed by atoms with Gasteiger partial charge < -0.3 is 15.0 Å². The molecule has 2 heterocycles. The van der Waals surface area contributed by atoms with Gasteiger partial charge >= 0.3 is 0 Å². The summed E-state index contributed by atoms with van der Waals surface area (Å²) in [6.45, 7) is 0.737. The molecule has 1 saturated heterocycles. The highest BCUT2D eigenvalue weighted by Crippen LogP contribution is 2.32. The van der Waals surface area contributed by atoms with E-state index in [-0.39, 0.29) is 24.4 Å². The molecule has 0 spiro atoms. The Morgan fingerprint density at radius 2 is 2.17 bits per heavy atom. The normalized spacial score (nSPS) is 16.9. The highest BCUT2D eigenvalue weighted by molar-refractivity contribution is 7.08. The molecule has 1 fully saturated rings. The Hall–Kier alpha value is -2.34. The number of hydrogen-bond donors (Lipinski definition) is 1. The van der Waals surface area contributed by atoms with Crippen molar-refractivity contribution in [2.75, 3.05) is 20.2 Å². The molecule has 24 heavy (non-hydrogen) atoms. The molecule has 5 nitrogen and oxygen atoms in total. The summed E-state index contributed by atoms with van der Waals surface area (Å²) in [5, 5.41) is 6.82. The van der Waals surface area contributed by atoms with E-state index in [9.17, 15) is 9.59 Å². The molecular formula is C18H20N2O3S. The predicted molar refractivity (Wildman–Crippen MR) is 93.3 cm³/mol. The van der Waals surface area contributed by atoms with Crippen LogP contribution >= 0.6 is 11.3 Å². The summed E-state index contributed by atoms with van der Waals surface area (Å²) in [5.41, 5.74) is 1.62. The Kier molecular flexibility index (Phi) is 5.15. The van der Waals surface area contributed by atoms with Gasteiger partial charge in [-0.3, -0.25) is 9.59 Å². The van der Waals surface area contributed by atoms with Crippen LogP contribution in [0.2, 0.25) is 0 Å². The number of methoxy groups -OCH3 is 1. The maximum Gasteiger partial charge on any atom is 0.255 e. The average molecular weight is 344 g/mol. The molecule has 3 rings (SSSR count). The van der Waals surface area contributed by atoms with Crippen molar-refractivity contribution in [1.29, 1.82) is 0 Å². The monoisotopic (exact) mass is 344 g/mol. The molecule has 126 valence electrons. The number of carbonyl (C=O) groups excluding carboxylic acids is 2. The van der Waals surface area contributed by atoms with E-state index in [1.807, 2.05) is 10.3 Å². The lowest BCUT2D eigenvalue weighted by molar-refractivity contribution is -0.131. The number of nitrogens with zero attached hydrogens (tertiary/aromatic N) is 1. The van der Waals surface area contributed by atoms with Crippen molar-refractivity contribution in [3.63, 3.8) is 0 Å². The van der Waals surface area contributed by atoms with Crippen LogP contribution in [0.25, 0.3) is 0 Å². The molecule has 1 N–H and O–H groups in total. The maximum absolute atomic E-state index is 12.5. The molecule has 0 aliphatic carbocycles. The summed E-state index contributed by atoms with van der Waals surface area (Å²) in [5.74, 6) is 0.152.